The highest BCUT2D eigenvalue weighted by molar-refractivity contribution is 5.94. The second kappa shape index (κ2) is 8.09. The Morgan fingerprint density at radius 3 is 2.67 bits per heavy atom. The number of piperidine rings is 1. The molecule has 1 aromatic heterocycles. The summed E-state index contributed by atoms with van der Waals surface area (Å²) >= 11 is 0. The third-order valence-corrected chi connectivity index (χ3v) is 5.86. The maximum absolute atomic E-state index is 12.9. The Morgan fingerprint density at radius 2 is 1.89 bits per heavy atom. The molecule has 27 heavy (non-hydrogen) atoms. The average Bonchev–Trinajstić information content (AvgIpc) is 3.00. The molecule has 3 fully saturated rings. The van der Waals surface area contributed by atoms with Crippen LogP contribution in [0.4, 0.5) is 0 Å². The van der Waals surface area contributed by atoms with Crippen LogP contribution in [0.2, 0.25) is 0 Å². The van der Waals surface area contributed by atoms with Gasteiger partial charge in [0.25, 0.3) is 5.91 Å². The highest BCUT2D eigenvalue weighted by atomic mass is 16.2. The van der Waals surface area contributed by atoms with Crippen LogP contribution >= 0.6 is 0 Å². The highest BCUT2D eigenvalue weighted by Crippen LogP contribution is 2.29. The minimum Gasteiger partial charge on any atom is -0.334 e. The van der Waals surface area contributed by atoms with Crippen molar-refractivity contribution in [3.63, 3.8) is 0 Å². The van der Waals surface area contributed by atoms with E-state index < -0.39 is 0 Å². The summed E-state index contributed by atoms with van der Waals surface area (Å²) in [6, 6.07) is 14.0. The van der Waals surface area contributed by atoms with Gasteiger partial charge in [-0.3, -0.25) is 9.59 Å². The Balaban J connectivity index is 1.37. The van der Waals surface area contributed by atoms with Crippen molar-refractivity contribution < 1.29 is 4.79 Å². The van der Waals surface area contributed by atoms with Crippen molar-refractivity contribution in [1.82, 2.24) is 14.8 Å². The lowest BCUT2D eigenvalue weighted by molar-refractivity contribution is 0.0585. The summed E-state index contributed by atoms with van der Waals surface area (Å²) in [6.45, 7) is 3.96. The first kappa shape index (κ1) is 18.0. The van der Waals surface area contributed by atoms with Crippen LogP contribution in [0.25, 0.3) is 0 Å². The summed E-state index contributed by atoms with van der Waals surface area (Å²) in [7, 11) is 0. The first-order chi connectivity index (χ1) is 13.2. The number of pyridine rings is 1. The van der Waals surface area contributed by atoms with Gasteiger partial charge in [0, 0.05) is 37.9 Å². The predicted octanol–water partition coefficient (Wildman–Crippen LogP) is 2.54. The summed E-state index contributed by atoms with van der Waals surface area (Å²) in [5.41, 5.74) is 1.80. The van der Waals surface area contributed by atoms with Crippen LogP contribution in [0.3, 0.4) is 0 Å². The minimum atomic E-state index is -0.173. The second-order valence-electron chi connectivity index (χ2n) is 7.85. The number of nitrogens with one attached hydrogen (secondary N) is 1. The number of amides is 1. The first-order valence-electron chi connectivity index (χ1n) is 9.95. The van der Waals surface area contributed by atoms with Crippen molar-refractivity contribution in [1.29, 1.82) is 0 Å². The SMILES string of the molecule is O=C(c1ccc(=O)[nH]c1)N1C[C@H]2CC[C@@H]1CN(CCCc1ccccc1)C2. The molecule has 2 aromatic rings. The average molecular weight is 365 g/mol. The number of hydrogen-bond acceptors (Lipinski definition) is 3. The fourth-order valence-corrected chi connectivity index (χ4v) is 4.47. The molecule has 5 rings (SSSR count). The zero-order chi connectivity index (χ0) is 18.6. The standard InChI is InChI=1S/C22H27N3O2/c26-21-11-9-19(13-23-21)22(27)25-15-18-8-10-20(25)16-24(14-18)12-4-7-17-5-2-1-3-6-17/h1-3,5-6,9,11,13,18,20H,4,7-8,10,12,14-16H2,(H,23,26)/t18-,20+/m0/s1. The molecule has 3 aliphatic heterocycles. The molecular weight excluding hydrogens is 338 g/mol. The predicted molar refractivity (Wildman–Crippen MR) is 106 cm³/mol. The van der Waals surface area contributed by atoms with Crippen molar-refractivity contribution in [2.75, 3.05) is 26.2 Å². The summed E-state index contributed by atoms with van der Waals surface area (Å²) in [5.74, 6) is 0.597. The van der Waals surface area contributed by atoms with E-state index in [9.17, 15) is 9.59 Å². The molecule has 2 atom stereocenters. The minimum absolute atomic E-state index is 0.0482. The third kappa shape index (κ3) is 4.30. The smallest absolute Gasteiger partial charge is 0.255 e. The topological polar surface area (TPSA) is 56.4 Å². The lowest BCUT2D eigenvalue weighted by Gasteiger charge is -2.36. The fraction of sp³-hybridized carbons (Fsp3) is 0.455. The van der Waals surface area contributed by atoms with Gasteiger partial charge in [0.2, 0.25) is 5.56 Å². The Kier molecular flexibility index (Phi) is 5.39. The maximum atomic E-state index is 12.9. The molecule has 5 heteroatoms. The third-order valence-electron chi connectivity index (χ3n) is 5.86. The Bertz CT molecular complexity index is 812. The number of carbonyl (C=O) groups excluding carboxylic acids is 1. The van der Waals surface area contributed by atoms with E-state index in [2.05, 4.69) is 40.2 Å². The molecule has 2 bridgehead atoms. The molecule has 142 valence electrons. The van der Waals surface area contributed by atoms with E-state index in [1.54, 1.807) is 12.3 Å². The van der Waals surface area contributed by atoms with E-state index in [4.69, 9.17) is 0 Å². The summed E-state index contributed by atoms with van der Waals surface area (Å²) < 4.78 is 0. The molecule has 4 heterocycles. The zero-order valence-corrected chi connectivity index (χ0v) is 15.6. The van der Waals surface area contributed by atoms with E-state index >= 15 is 0 Å². The van der Waals surface area contributed by atoms with Gasteiger partial charge in [-0.25, -0.2) is 0 Å². The van der Waals surface area contributed by atoms with E-state index in [1.807, 2.05) is 4.90 Å². The number of aromatic nitrogens is 1. The van der Waals surface area contributed by atoms with Gasteiger partial charge in [-0.2, -0.15) is 0 Å². The van der Waals surface area contributed by atoms with Crippen molar-refractivity contribution >= 4 is 5.91 Å². The van der Waals surface area contributed by atoms with Gasteiger partial charge in [-0.1, -0.05) is 30.3 Å². The molecule has 1 N–H and O–H groups in total. The quantitative estimate of drug-likeness (QED) is 0.886. The van der Waals surface area contributed by atoms with E-state index in [1.165, 1.54) is 18.1 Å². The normalized spacial score (nSPS) is 22.6. The molecule has 1 aromatic carbocycles. The van der Waals surface area contributed by atoms with Crippen LogP contribution in [-0.4, -0.2) is 52.9 Å². The summed E-state index contributed by atoms with van der Waals surface area (Å²) in [6.07, 6.45) is 6.08. The van der Waals surface area contributed by atoms with Crippen LogP contribution in [0, 0.1) is 5.92 Å². The highest BCUT2D eigenvalue weighted by Gasteiger charge is 2.37. The van der Waals surface area contributed by atoms with Gasteiger partial charge in [0.15, 0.2) is 0 Å². The lowest BCUT2D eigenvalue weighted by atomic mass is 9.94. The molecule has 0 aliphatic carbocycles. The first-order valence-corrected chi connectivity index (χ1v) is 9.95. The number of fused-ring (bicyclic) bond motifs is 4. The Morgan fingerprint density at radius 1 is 1.04 bits per heavy atom. The van der Waals surface area contributed by atoms with E-state index in [0.29, 0.717) is 11.5 Å². The summed E-state index contributed by atoms with van der Waals surface area (Å²) in [4.78, 5) is 31.4. The van der Waals surface area contributed by atoms with Crippen LogP contribution in [-0.2, 0) is 6.42 Å². The van der Waals surface area contributed by atoms with Crippen LogP contribution in [0.5, 0.6) is 0 Å². The number of hydrogen-bond donors (Lipinski definition) is 1. The molecule has 0 unspecified atom stereocenters. The van der Waals surface area contributed by atoms with E-state index in [0.717, 1.165) is 45.4 Å². The van der Waals surface area contributed by atoms with Crippen LogP contribution in [0.1, 0.15) is 35.2 Å². The van der Waals surface area contributed by atoms with Crippen molar-refractivity contribution in [3.05, 3.63) is 70.1 Å². The monoisotopic (exact) mass is 365 g/mol. The molecule has 3 aliphatic rings. The molecule has 5 nitrogen and oxygen atoms in total. The molecule has 0 spiro atoms. The van der Waals surface area contributed by atoms with Crippen LogP contribution in [0.15, 0.2) is 53.5 Å². The second-order valence-corrected chi connectivity index (χ2v) is 7.85. The van der Waals surface area contributed by atoms with Crippen molar-refractivity contribution in [2.24, 2.45) is 5.92 Å². The van der Waals surface area contributed by atoms with Gasteiger partial charge in [-0.15, -0.1) is 0 Å². The Labute approximate surface area is 160 Å². The summed E-state index contributed by atoms with van der Waals surface area (Å²) in [5, 5.41) is 0. The van der Waals surface area contributed by atoms with Gasteiger partial charge in [-0.05, 0) is 49.8 Å². The molecule has 1 amide bonds. The number of benzene rings is 1. The maximum Gasteiger partial charge on any atom is 0.255 e. The van der Waals surface area contributed by atoms with Gasteiger partial charge in [0.05, 0.1) is 5.56 Å². The number of nitrogens with zero attached hydrogens (tertiary/aromatic N) is 2. The largest absolute Gasteiger partial charge is 0.334 e. The van der Waals surface area contributed by atoms with Crippen molar-refractivity contribution in [3.8, 4) is 0 Å². The number of aromatic amines is 1. The van der Waals surface area contributed by atoms with Crippen LogP contribution < -0.4 is 5.56 Å². The number of rotatable bonds is 5. The molecule has 3 saturated heterocycles. The molecular formula is C22H27N3O2. The zero-order valence-electron chi connectivity index (χ0n) is 15.6. The molecule has 0 saturated carbocycles. The van der Waals surface area contributed by atoms with Gasteiger partial charge < -0.3 is 14.8 Å². The fourth-order valence-electron chi connectivity index (χ4n) is 4.47. The lowest BCUT2D eigenvalue weighted by Crippen LogP contribution is -2.47. The van der Waals surface area contributed by atoms with Gasteiger partial charge >= 0.3 is 0 Å². The number of carbonyl (C=O) groups is 1. The Hall–Kier alpha value is -2.40. The van der Waals surface area contributed by atoms with Crippen molar-refractivity contribution in [2.45, 2.75) is 31.7 Å². The number of aryl methyl sites for hydroxylation is 1. The van der Waals surface area contributed by atoms with E-state index in [-0.39, 0.29) is 17.5 Å². The molecule has 0 radical (unpaired) electrons. The van der Waals surface area contributed by atoms with Gasteiger partial charge in [0.1, 0.15) is 0 Å². The number of H-pyrrole nitrogens is 1.